The monoisotopic (exact) mass is 257 g/mol. The molecule has 1 unspecified atom stereocenters. The summed E-state index contributed by atoms with van der Waals surface area (Å²) >= 11 is 0. The second-order valence-corrected chi connectivity index (χ2v) is 4.08. The van der Waals surface area contributed by atoms with Gasteiger partial charge in [-0.25, -0.2) is 0 Å². The molecule has 0 spiro atoms. The fraction of sp³-hybridized carbons (Fsp3) is 0.857. The molecule has 4 heteroatoms. The van der Waals surface area contributed by atoms with E-state index in [1.54, 1.807) is 0 Å². The summed E-state index contributed by atoms with van der Waals surface area (Å²) in [5.41, 5.74) is 0. The number of hydrogen-bond donors (Lipinski definition) is 2. The molecule has 0 heterocycles. The van der Waals surface area contributed by atoms with E-state index >= 15 is 0 Å². The van der Waals surface area contributed by atoms with Crippen molar-refractivity contribution in [2.45, 2.75) is 39.2 Å². The summed E-state index contributed by atoms with van der Waals surface area (Å²) in [5.74, 6) is 5.78. The third kappa shape index (κ3) is 13.5. The number of aliphatic hydroxyl groups is 1. The Morgan fingerprint density at radius 2 is 2.00 bits per heavy atom. The third-order valence-corrected chi connectivity index (χ3v) is 2.31. The van der Waals surface area contributed by atoms with Crippen molar-refractivity contribution in [2.75, 3.05) is 39.5 Å². The van der Waals surface area contributed by atoms with E-state index in [1.165, 1.54) is 0 Å². The van der Waals surface area contributed by atoms with E-state index in [0.717, 1.165) is 32.4 Å². The second-order valence-electron chi connectivity index (χ2n) is 4.08. The smallest absolute Gasteiger partial charge is 0.0897 e. The summed E-state index contributed by atoms with van der Waals surface area (Å²) in [7, 11) is 0. The van der Waals surface area contributed by atoms with Crippen LogP contribution in [0.3, 0.4) is 0 Å². The Bertz CT molecular complexity index is 223. The van der Waals surface area contributed by atoms with Gasteiger partial charge in [0.2, 0.25) is 0 Å². The molecule has 0 aromatic carbocycles. The molecule has 0 amide bonds. The lowest BCUT2D eigenvalue weighted by atomic mass is 10.3. The first-order valence-corrected chi connectivity index (χ1v) is 6.75. The molecular formula is C14H27NO3. The molecule has 0 aliphatic rings. The highest BCUT2D eigenvalue weighted by atomic mass is 16.5. The number of hydrogen-bond acceptors (Lipinski definition) is 4. The van der Waals surface area contributed by atoms with Crippen LogP contribution < -0.4 is 5.32 Å². The van der Waals surface area contributed by atoms with Crippen LogP contribution in [0.1, 0.15) is 33.1 Å². The summed E-state index contributed by atoms with van der Waals surface area (Å²) in [6.07, 6.45) is 2.59. The van der Waals surface area contributed by atoms with Crippen molar-refractivity contribution < 1.29 is 14.6 Å². The van der Waals surface area contributed by atoms with Gasteiger partial charge >= 0.3 is 0 Å². The summed E-state index contributed by atoms with van der Waals surface area (Å²) < 4.78 is 10.7. The van der Waals surface area contributed by atoms with E-state index in [9.17, 15) is 5.11 Å². The number of unbranched alkanes of at least 4 members (excludes halogenated alkanes) is 1. The number of ether oxygens (including phenoxy) is 2. The Hall–Kier alpha value is -0.600. The van der Waals surface area contributed by atoms with Gasteiger partial charge in [0.1, 0.15) is 0 Å². The summed E-state index contributed by atoms with van der Waals surface area (Å²) in [6.45, 7) is 7.60. The fourth-order valence-corrected chi connectivity index (χ4v) is 1.29. The van der Waals surface area contributed by atoms with Gasteiger partial charge in [0.25, 0.3) is 0 Å². The molecular weight excluding hydrogens is 230 g/mol. The predicted octanol–water partition coefficient (Wildman–Crippen LogP) is 1.18. The lowest BCUT2D eigenvalue weighted by Crippen LogP contribution is -2.31. The standard InChI is InChI=1S/C14H27NO3/c1-3-5-7-8-15-12-14(16)13-18-11-10-17-9-6-4-2/h14-16H,4,6-13H2,1-2H3. The summed E-state index contributed by atoms with van der Waals surface area (Å²) in [4.78, 5) is 0. The quantitative estimate of drug-likeness (QED) is 0.407. The van der Waals surface area contributed by atoms with Gasteiger partial charge < -0.3 is 19.9 Å². The first-order chi connectivity index (χ1) is 8.81. The van der Waals surface area contributed by atoms with Crippen LogP contribution >= 0.6 is 0 Å². The number of aliphatic hydroxyl groups excluding tert-OH is 1. The minimum Gasteiger partial charge on any atom is -0.389 e. The van der Waals surface area contributed by atoms with E-state index < -0.39 is 6.10 Å². The van der Waals surface area contributed by atoms with Gasteiger partial charge in [-0.15, -0.1) is 11.8 Å². The van der Waals surface area contributed by atoms with Crippen molar-refractivity contribution in [3.05, 3.63) is 0 Å². The van der Waals surface area contributed by atoms with Gasteiger partial charge in [0.15, 0.2) is 0 Å². The lowest BCUT2D eigenvalue weighted by molar-refractivity contribution is 0.00403. The van der Waals surface area contributed by atoms with E-state index in [2.05, 4.69) is 24.1 Å². The maximum absolute atomic E-state index is 9.58. The topological polar surface area (TPSA) is 50.7 Å². The van der Waals surface area contributed by atoms with E-state index in [-0.39, 0.29) is 0 Å². The molecule has 106 valence electrons. The Labute approximate surface area is 111 Å². The van der Waals surface area contributed by atoms with Crippen LogP contribution in [0.5, 0.6) is 0 Å². The number of rotatable bonds is 12. The van der Waals surface area contributed by atoms with E-state index in [0.29, 0.717) is 26.4 Å². The second kappa shape index (κ2) is 14.5. The van der Waals surface area contributed by atoms with Crippen LogP contribution in [0.4, 0.5) is 0 Å². The average molecular weight is 257 g/mol. The van der Waals surface area contributed by atoms with Crippen molar-refractivity contribution in [1.29, 1.82) is 0 Å². The van der Waals surface area contributed by atoms with E-state index in [1.807, 2.05) is 6.92 Å². The van der Waals surface area contributed by atoms with Gasteiger partial charge in [-0.3, -0.25) is 0 Å². The maximum Gasteiger partial charge on any atom is 0.0897 e. The van der Waals surface area contributed by atoms with Gasteiger partial charge in [-0.2, -0.15) is 0 Å². The maximum atomic E-state index is 9.58. The largest absolute Gasteiger partial charge is 0.389 e. The molecule has 0 rings (SSSR count). The normalized spacial score (nSPS) is 11.9. The molecule has 0 bridgehead atoms. The molecule has 0 aliphatic carbocycles. The van der Waals surface area contributed by atoms with Gasteiger partial charge in [-0.1, -0.05) is 13.3 Å². The van der Waals surface area contributed by atoms with E-state index in [4.69, 9.17) is 9.47 Å². The van der Waals surface area contributed by atoms with Crippen molar-refractivity contribution >= 4 is 0 Å². The molecule has 0 radical (unpaired) electrons. The molecule has 0 aliphatic heterocycles. The SMILES string of the molecule is CC#CCCNCC(O)COCCOCCCC. The van der Waals surface area contributed by atoms with Crippen LogP contribution in [0.2, 0.25) is 0 Å². The Kier molecular flexibility index (Phi) is 14.0. The third-order valence-electron chi connectivity index (χ3n) is 2.31. The van der Waals surface area contributed by atoms with Crippen molar-refractivity contribution in [3.63, 3.8) is 0 Å². The predicted molar refractivity (Wildman–Crippen MR) is 73.5 cm³/mol. The zero-order chi connectivity index (χ0) is 13.5. The molecule has 4 nitrogen and oxygen atoms in total. The minimum atomic E-state index is -0.463. The minimum absolute atomic E-state index is 0.351. The molecule has 2 N–H and O–H groups in total. The molecule has 18 heavy (non-hydrogen) atoms. The van der Waals surface area contributed by atoms with Crippen LogP contribution in [0.25, 0.3) is 0 Å². The van der Waals surface area contributed by atoms with Gasteiger partial charge in [0.05, 0.1) is 25.9 Å². The van der Waals surface area contributed by atoms with Crippen LogP contribution in [-0.4, -0.2) is 50.7 Å². The first kappa shape index (κ1) is 17.4. The van der Waals surface area contributed by atoms with Crippen LogP contribution in [-0.2, 0) is 9.47 Å². The zero-order valence-corrected chi connectivity index (χ0v) is 11.7. The molecule has 0 aromatic rings. The Balaban J connectivity index is 3.15. The van der Waals surface area contributed by atoms with Crippen molar-refractivity contribution in [1.82, 2.24) is 5.32 Å². The summed E-state index contributed by atoms with van der Waals surface area (Å²) in [6, 6.07) is 0. The van der Waals surface area contributed by atoms with Gasteiger partial charge in [0, 0.05) is 26.1 Å². The zero-order valence-electron chi connectivity index (χ0n) is 11.7. The summed E-state index contributed by atoms with van der Waals surface area (Å²) in [5, 5.41) is 12.7. The molecule has 0 aromatic heterocycles. The highest BCUT2D eigenvalue weighted by Gasteiger charge is 2.02. The van der Waals surface area contributed by atoms with Crippen LogP contribution in [0, 0.1) is 11.8 Å². The van der Waals surface area contributed by atoms with Crippen molar-refractivity contribution in [2.24, 2.45) is 0 Å². The van der Waals surface area contributed by atoms with Crippen LogP contribution in [0.15, 0.2) is 0 Å². The molecule has 0 fully saturated rings. The highest BCUT2D eigenvalue weighted by Crippen LogP contribution is 1.89. The lowest BCUT2D eigenvalue weighted by Gasteiger charge is -2.11. The molecule has 0 saturated heterocycles. The Morgan fingerprint density at radius 3 is 2.72 bits per heavy atom. The number of nitrogens with one attached hydrogen (secondary N) is 1. The van der Waals surface area contributed by atoms with Gasteiger partial charge in [-0.05, 0) is 13.3 Å². The molecule has 0 saturated carbocycles. The molecule has 1 atom stereocenters. The average Bonchev–Trinajstić information content (AvgIpc) is 2.37. The highest BCUT2D eigenvalue weighted by molar-refractivity contribution is 4.95. The first-order valence-electron chi connectivity index (χ1n) is 6.75. The Morgan fingerprint density at radius 1 is 1.22 bits per heavy atom. The fourth-order valence-electron chi connectivity index (χ4n) is 1.29. The van der Waals surface area contributed by atoms with Crippen molar-refractivity contribution in [3.8, 4) is 11.8 Å².